The second-order valence-corrected chi connectivity index (χ2v) is 8.92. The van der Waals surface area contributed by atoms with E-state index in [4.69, 9.17) is 9.47 Å². The van der Waals surface area contributed by atoms with Crippen molar-refractivity contribution >= 4 is 5.78 Å². The summed E-state index contributed by atoms with van der Waals surface area (Å²) < 4.78 is 12.1. The summed E-state index contributed by atoms with van der Waals surface area (Å²) in [5.74, 6) is 0.131. The van der Waals surface area contributed by atoms with Crippen molar-refractivity contribution in [3.8, 4) is 0 Å². The largest absolute Gasteiger partial charge is 0.367 e. The van der Waals surface area contributed by atoms with Crippen molar-refractivity contribution in [3.05, 3.63) is 0 Å². The minimum atomic E-state index is -0.675. The molecule has 4 heteroatoms. The third-order valence-electron chi connectivity index (χ3n) is 4.47. The van der Waals surface area contributed by atoms with Gasteiger partial charge in [0.25, 0.3) is 0 Å². The second-order valence-electron chi connectivity index (χ2n) is 8.92. The lowest BCUT2D eigenvalue weighted by Gasteiger charge is -2.48. The quantitative estimate of drug-likeness (QED) is 0.785. The molecule has 21 heavy (non-hydrogen) atoms. The summed E-state index contributed by atoms with van der Waals surface area (Å²) in [6.45, 7) is 18.7. The van der Waals surface area contributed by atoms with Gasteiger partial charge in [-0.25, -0.2) is 0 Å². The third kappa shape index (κ3) is 3.49. The SMILES string of the molecule is CC1(C)CN(CC2C(=O)C(C)(C)OC2(C)C)CC(C)(C)O1. The van der Waals surface area contributed by atoms with Crippen molar-refractivity contribution in [2.24, 2.45) is 5.92 Å². The van der Waals surface area contributed by atoms with Crippen LogP contribution in [0.15, 0.2) is 0 Å². The van der Waals surface area contributed by atoms with Gasteiger partial charge in [-0.15, -0.1) is 0 Å². The summed E-state index contributed by atoms with van der Waals surface area (Å²) in [6.07, 6.45) is 0. The van der Waals surface area contributed by atoms with Crippen LogP contribution in [0.3, 0.4) is 0 Å². The molecule has 4 nitrogen and oxygen atoms in total. The van der Waals surface area contributed by atoms with Crippen LogP contribution in [-0.4, -0.2) is 52.7 Å². The molecule has 0 saturated carbocycles. The zero-order valence-corrected chi connectivity index (χ0v) is 14.9. The Hall–Kier alpha value is -0.450. The number of ether oxygens (including phenoxy) is 2. The van der Waals surface area contributed by atoms with Crippen LogP contribution < -0.4 is 0 Å². The highest BCUT2D eigenvalue weighted by Gasteiger charge is 2.54. The first-order valence-electron chi connectivity index (χ1n) is 7.91. The molecule has 0 aromatic heterocycles. The molecule has 1 unspecified atom stereocenters. The molecular weight excluding hydrogens is 266 g/mol. The van der Waals surface area contributed by atoms with E-state index in [9.17, 15) is 4.79 Å². The van der Waals surface area contributed by atoms with E-state index < -0.39 is 11.2 Å². The van der Waals surface area contributed by atoms with Crippen LogP contribution in [0.2, 0.25) is 0 Å². The Morgan fingerprint density at radius 2 is 1.43 bits per heavy atom. The number of carbonyl (C=O) groups is 1. The fraction of sp³-hybridized carbons (Fsp3) is 0.941. The fourth-order valence-corrected chi connectivity index (χ4v) is 4.15. The average molecular weight is 297 g/mol. The topological polar surface area (TPSA) is 38.8 Å². The maximum absolute atomic E-state index is 12.7. The second kappa shape index (κ2) is 4.77. The highest BCUT2D eigenvalue weighted by Crippen LogP contribution is 2.40. The first kappa shape index (κ1) is 16.9. The van der Waals surface area contributed by atoms with Gasteiger partial charge in [-0.2, -0.15) is 0 Å². The van der Waals surface area contributed by atoms with Crippen LogP contribution in [0, 0.1) is 5.92 Å². The van der Waals surface area contributed by atoms with Gasteiger partial charge in [0.2, 0.25) is 0 Å². The molecule has 0 bridgehead atoms. The van der Waals surface area contributed by atoms with Crippen LogP contribution in [-0.2, 0) is 14.3 Å². The fourth-order valence-electron chi connectivity index (χ4n) is 4.15. The Balaban J connectivity index is 2.16. The molecule has 0 aromatic rings. The number of hydrogen-bond donors (Lipinski definition) is 0. The third-order valence-corrected chi connectivity index (χ3v) is 4.47. The Labute approximate surface area is 129 Å². The van der Waals surface area contributed by atoms with Crippen molar-refractivity contribution < 1.29 is 14.3 Å². The summed E-state index contributed by atoms with van der Waals surface area (Å²) in [5, 5.41) is 0. The monoisotopic (exact) mass is 297 g/mol. The van der Waals surface area contributed by atoms with Crippen molar-refractivity contribution in [1.82, 2.24) is 4.90 Å². The van der Waals surface area contributed by atoms with E-state index in [2.05, 4.69) is 32.6 Å². The van der Waals surface area contributed by atoms with E-state index in [1.807, 2.05) is 27.7 Å². The normalized spacial score (nSPS) is 34.1. The zero-order valence-electron chi connectivity index (χ0n) is 14.9. The van der Waals surface area contributed by atoms with Crippen molar-refractivity contribution in [1.29, 1.82) is 0 Å². The number of nitrogens with zero attached hydrogens (tertiary/aromatic N) is 1. The summed E-state index contributed by atoms with van der Waals surface area (Å²) in [7, 11) is 0. The predicted molar refractivity (Wildman–Crippen MR) is 83.4 cm³/mol. The smallest absolute Gasteiger partial charge is 0.171 e. The molecule has 0 N–H and O–H groups in total. The summed E-state index contributed by atoms with van der Waals surface area (Å²) in [5.41, 5.74) is -1.47. The summed E-state index contributed by atoms with van der Waals surface area (Å²) in [6, 6.07) is 0. The molecule has 0 aliphatic carbocycles. The van der Waals surface area contributed by atoms with Crippen molar-refractivity contribution in [3.63, 3.8) is 0 Å². The Bertz CT molecular complexity index is 421. The number of Topliss-reactive ketones (excluding diaryl/α,β-unsaturated/α-hetero) is 1. The molecule has 2 heterocycles. The molecule has 0 radical (unpaired) electrons. The summed E-state index contributed by atoms with van der Waals surface area (Å²) >= 11 is 0. The minimum Gasteiger partial charge on any atom is -0.367 e. The Morgan fingerprint density at radius 1 is 0.952 bits per heavy atom. The summed E-state index contributed by atoms with van der Waals surface area (Å²) in [4.78, 5) is 15.0. The lowest BCUT2D eigenvalue weighted by molar-refractivity contribution is -0.184. The first-order chi connectivity index (χ1) is 9.24. The zero-order chi connectivity index (χ0) is 16.3. The van der Waals surface area contributed by atoms with Crippen LogP contribution in [0.1, 0.15) is 55.4 Å². The van der Waals surface area contributed by atoms with Crippen LogP contribution >= 0.6 is 0 Å². The van der Waals surface area contributed by atoms with Crippen LogP contribution in [0.25, 0.3) is 0 Å². The van der Waals surface area contributed by atoms with E-state index in [1.54, 1.807) is 0 Å². The lowest BCUT2D eigenvalue weighted by atomic mass is 9.84. The minimum absolute atomic E-state index is 0.0859. The number of carbonyl (C=O) groups excluding carboxylic acids is 1. The van der Waals surface area contributed by atoms with Gasteiger partial charge in [-0.1, -0.05) is 0 Å². The average Bonchev–Trinajstić information content (AvgIpc) is 2.31. The van der Waals surface area contributed by atoms with Crippen molar-refractivity contribution in [2.75, 3.05) is 19.6 Å². The van der Waals surface area contributed by atoms with Gasteiger partial charge in [0.15, 0.2) is 5.78 Å². The molecule has 122 valence electrons. The van der Waals surface area contributed by atoms with E-state index in [0.29, 0.717) is 0 Å². The highest BCUT2D eigenvalue weighted by atomic mass is 16.5. The molecule has 2 aliphatic rings. The molecule has 1 atom stereocenters. The maximum Gasteiger partial charge on any atom is 0.171 e. The first-order valence-corrected chi connectivity index (χ1v) is 7.91. The van der Waals surface area contributed by atoms with Gasteiger partial charge in [-0.05, 0) is 55.4 Å². The Morgan fingerprint density at radius 3 is 1.81 bits per heavy atom. The van der Waals surface area contributed by atoms with Gasteiger partial charge in [0, 0.05) is 19.6 Å². The predicted octanol–water partition coefficient (Wildman–Crippen LogP) is 2.65. The number of rotatable bonds is 2. The number of ketones is 1. The molecule has 2 aliphatic heterocycles. The molecule has 0 amide bonds. The number of hydrogen-bond acceptors (Lipinski definition) is 4. The van der Waals surface area contributed by atoms with E-state index in [1.165, 1.54) is 0 Å². The van der Waals surface area contributed by atoms with Gasteiger partial charge in [0.1, 0.15) is 5.60 Å². The van der Waals surface area contributed by atoms with Gasteiger partial charge in [-0.3, -0.25) is 9.69 Å². The molecule has 2 saturated heterocycles. The standard InChI is InChI=1S/C17H31NO3/c1-14(2)10-18(11-15(3,4)20-14)9-12-13(19)17(7,8)21-16(12,5)6/h12H,9-11H2,1-8H3. The molecule has 2 rings (SSSR count). The van der Waals surface area contributed by atoms with Crippen LogP contribution in [0.5, 0.6) is 0 Å². The van der Waals surface area contributed by atoms with E-state index >= 15 is 0 Å². The molecule has 2 fully saturated rings. The van der Waals surface area contributed by atoms with Gasteiger partial charge in [0.05, 0.1) is 22.7 Å². The van der Waals surface area contributed by atoms with E-state index in [-0.39, 0.29) is 22.9 Å². The van der Waals surface area contributed by atoms with Crippen molar-refractivity contribution in [2.45, 2.75) is 77.8 Å². The highest BCUT2D eigenvalue weighted by molar-refractivity contribution is 5.91. The molecule has 0 aromatic carbocycles. The van der Waals surface area contributed by atoms with E-state index in [0.717, 1.165) is 19.6 Å². The Kier molecular flexibility index (Phi) is 3.84. The van der Waals surface area contributed by atoms with Crippen LogP contribution in [0.4, 0.5) is 0 Å². The lowest BCUT2D eigenvalue weighted by Crippen LogP contribution is -2.59. The molecular formula is C17H31NO3. The van der Waals surface area contributed by atoms with Gasteiger partial charge < -0.3 is 9.47 Å². The number of morpholine rings is 1. The van der Waals surface area contributed by atoms with Gasteiger partial charge >= 0.3 is 0 Å². The maximum atomic E-state index is 12.7. The molecule has 0 spiro atoms.